The van der Waals surface area contributed by atoms with Gasteiger partial charge in [-0.1, -0.05) is 0 Å². The Morgan fingerprint density at radius 3 is 2.71 bits per heavy atom. The first-order valence-corrected chi connectivity index (χ1v) is 5.59. The molecule has 0 radical (unpaired) electrons. The molecule has 0 unspecified atom stereocenters. The summed E-state index contributed by atoms with van der Waals surface area (Å²) in [6.07, 6.45) is 0. The predicted molar refractivity (Wildman–Crippen MR) is 62.7 cm³/mol. The summed E-state index contributed by atoms with van der Waals surface area (Å²) in [5.41, 5.74) is 5.21. The molecule has 0 saturated carbocycles. The third-order valence-corrected chi connectivity index (χ3v) is 2.51. The van der Waals surface area contributed by atoms with Crippen LogP contribution in [0.3, 0.4) is 0 Å². The van der Waals surface area contributed by atoms with Gasteiger partial charge in [-0.05, 0) is 22.0 Å². The molecule has 0 bridgehead atoms. The number of ether oxygens (including phenoxy) is 1. The Morgan fingerprint density at radius 2 is 2.18 bits per heavy atom. The first-order chi connectivity index (χ1) is 7.93. The average Bonchev–Trinajstić information content (AvgIpc) is 2.24. The van der Waals surface area contributed by atoms with E-state index in [0.717, 1.165) is 6.07 Å². The molecule has 0 aliphatic carbocycles. The summed E-state index contributed by atoms with van der Waals surface area (Å²) in [4.78, 5) is 3.67. The molecule has 17 heavy (non-hydrogen) atoms. The van der Waals surface area contributed by atoms with E-state index in [1.165, 1.54) is 6.07 Å². The summed E-state index contributed by atoms with van der Waals surface area (Å²) in [6.45, 7) is -3.03. The van der Waals surface area contributed by atoms with E-state index in [2.05, 4.69) is 25.7 Å². The van der Waals surface area contributed by atoms with Crippen molar-refractivity contribution in [2.75, 3.05) is 5.88 Å². The molecule has 1 aromatic rings. The Hall–Kier alpha value is -0.950. The van der Waals surface area contributed by atoms with Gasteiger partial charge < -0.3 is 10.5 Å². The zero-order valence-corrected chi connectivity index (χ0v) is 10.6. The normalized spacial score (nSPS) is 12.0. The van der Waals surface area contributed by atoms with Crippen molar-refractivity contribution in [2.24, 2.45) is 10.7 Å². The van der Waals surface area contributed by atoms with Crippen LogP contribution in [0.4, 0.5) is 18.9 Å². The van der Waals surface area contributed by atoms with Crippen molar-refractivity contribution < 1.29 is 17.9 Å². The molecule has 1 aromatic carbocycles. The van der Waals surface area contributed by atoms with Crippen molar-refractivity contribution in [3.8, 4) is 5.75 Å². The van der Waals surface area contributed by atoms with Crippen LogP contribution >= 0.6 is 27.5 Å². The fourth-order valence-corrected chi connectivity index (χ4v) is 1.46. The van der Waals surface area contributed by atoms with Crippen LogP contribution in [0, 0.1) is 5.82 Å². The Labute approximate surface area is 109 Å². The number of nitrogens with two attached hydrogens (primary N) is 1. The molecular weight excluding hydrogens is 324 g/mol. The number of halogens is 5. The molecule has 0 spiro atoms. The second-order valence-electron chi connectivity index (χ2n) is 2.85. The molecule has 0 amide bonds. The number of alkyl halides is 3. The molecule has 0 atom stereocenters. The highest BCUT2D eigenvalue weighted by Crippen LogP contribution is 2.33. The van der Waals surface area contributed by atoms with E-state index >= 15 is 0 Å². The van der Waals surface area contributed by atoms with Crippen molar-refractivity contribution in [1.29, 1.82) is 0 Å². The lowest BCUT2D eigenvalue weighted by Gasteiger charge is -2.08. The van der Waals surface area contributed by atoms with Crippen LogP contribution in [0.2, 0.25) is 0 Å². The maximum atomic E-state index is 13.4. The Kier molecular flexibility index (Phi) is 5.07. The van der Waals surface area contributed by atoms with Crippen LogP contribution in [0.1, 0.15) is 0 Å². The molecule has 8 heteroatoms. The highest BCUT2D eigenvalue weighted by molar-refractivity contribution is 9.10. The topological polar surface area (TPSA) is 47.6 Å². The number of rotatable bonds is 4. The third kappa shape index (κ3) is 4.08. The van der Waals surface area contributed by atoms with Gasteiger partial charge in [0.15, 0.2) is 5.82 Å². The van der Waals surface area contributed by atoms with Crippen LogP contribution in [-0.4, -0.2) is 18.3 Å². The minimum Gasteiger partial charge on any atom is -0.434 e. The third-order valence-electron chi connectivity index (χ3n) is 1.62. The van der Waals surface area contributed by atoms with Crippen molar-refractivity contribution in [1.82, 2.24) is 0 Å². The molecule has 3 nitrogen and oxygen atoms in total. The molecule has 1 rings (SSSR count). The van der Waals surface area contributed by atoms with Gasteiger partial charge in [0.1, 0.15) is 17.3 Å². The minimum atomic E-state index is -3.03. The summed E-state index contributed by atoms with van der Waals surface area (Å²) in [6, 6.07) is 1.96. The van der Waals surface area contributed by atoms with Gasteiger partial charge in [-0.3, -0.25) is 0 Å². The van der Waals surface area contributed by atoms with Crippen molar-refractivity contribution in [2.45, 2.75) is 6.61 Å². The van der Waals surface area contributed by atoms with E-state index in [9.17, 15) is 13.2 Å². The zero-order chi connectivity index (χ0) is 13.0. The summed E-state index contributed by atoms with van der Waals surface area (Å²) < 4.78 is 41.6. The van der Waals surface area contributed by atoms with Crippen molar-refractivity contribution in [3.63, 3.8) is 0 Å². The second kappa shape index (κ2) is 6.11. The molecule has 94 valence electrons. The van der Waals surface area contributed by atoms with Crippen LogP contribution in [0.25, 0.3) is 0 Å². The van der Waals surface area contributed by atoms with Gasteiger partial charge in [0.25, 0.3) is 0 Å². The molecule has 0 heterocycles. The lowest BCUT2D eigenvalue weighted by molar-refractivity contribution is -0.0504. The smallest absolute Gasteiger partial charge is 0.387 e. The maximum absolute atomic E-state index is 13.4. The van der Waals surface area contributed by atoms with Crippen LogP contribution in [0.5, 0.6) is 5.75 Å². The molecular formula is C9H7BrClF3N2O. The standard InChI is InChI=1S/C9H7BrClF3N2O/c10-4-1-6(16-8(15)3-11)5(12)2-7(4)17-9(13)14/h1-2,9H,3H2,(H2,15,16). The van der Waals surface area contributed by atoms with Gasteiger partial charge in [-0.15, -0.1) is 11.6 Å². The highest BCUT2D eigenvalue weighted by atomic mass is 79.9. The minimum absolute atomic E-state index is 0.0139. The maximum Gasteiger partial charge on any atom is 0.387 e. The quantitative estimate of drug-likeness (QED) is 0.522. The first-order valence-electron chi connectivity index (χ1n) is 4.27. The second-order valence-corrected chi connectivity index (χ2v) is 3.97. The monoisotopic (exact) mass is 330 g/mol. The summed E-state index contributed by atoms with van der Waals surface area (Å²) in [7, 11) is 0. The van der Waals surface area contributed by atoms with Crippen LogP contribution < -0.4 is 10.5 Å². The van der Waals surface area contributed by atoms with E-state index in [-0.39, 0.29) is 27.6 Å². The summed E-state index contributed by atoms with van der Waals surface area (Å²) in [5.74, 6) is -1.20. The molecule has 0 saturated heterocycles. The largest absolute Gasteiger partial charge is 0.434 e. The van der Waals surface area contributed by atoms with Gasteiger partial charge in [-0.25, -0.2) is 9.38 Å². The number of amidine groups is 1. The highest BCUT2D eigenvalue weighted by Gasteiger charge is 2.13. The Bertz CT molecular complexity index is 442. The number of hydrogen-bond donors (Lipinski definition) is 1. The summed E-state index contributed by atoms with van der Waals surface area (Å²) >= 11 is 8.33. The molecule has 0 aliphatic rings. The van der Waals surface area contributed by atoms with Gasteiger partial charge in [0.05, 0.1) is 10.4 Å². The van der Waals surface area contributed by atoms with E-state index in [1.54, 1.807) is 0 Å². The Balaban J connectivity index is 3.09. The van der Waals surface area contributed by atoms with Gasteiger partial charge >= 0.3 is 6.61 Å². The predicted octanol–water partition coefficient (Wildman–Crippen LogP) is 3.42. The summed E-state index contributed by atoms with van der Waals surface area (Å²) in [5, 5.41) is 0. The lowest BCUT2D eigenvalue weighted by Crippen LogP contribution is -2.12. The Morgan fingerprint density at radius 1 is 1.53 bits per heavy atom. The van der Waals surface area contributed by atoms with E-state index in [0.29, 0.717) is 0 Å². The number of nitrogens with zero attached hydrogens (tertiary/aromatic N) is 1. The lowest BCUT2D eigenvalue weighted by atomic mass is 10.3. The van der Waals surface area contributed by atoms with Crippen molar-refractivity contribution >= 4 is 39.1 Å². The SMILES string of the molecule is NC(CCl)=Nc1cc(Br)c(OC(F)F)cc1F. The number of benzene rings is 1. The molecule has 0 aliphatic heterocycles. The molecule has 0 fully saturated rings. The van der Waals surface area contributed by atoms with Gasteiger partial charge in [0, 0.05) is 6.07 Å². The van der Waals surface area contributed by atoms with E-state index in [4.69, 9.17) is 17.3 Å². The van der Waals surface area contributed by atoms with Gasteiger partial charge in [-0.2, -0.15) is 8.78 Å². The number of hydrogen-bond acceptors (Lipinski definition) is 2. The zero-order valence-electron chi connectivity index (χ0n) is 8.26. The molecule has 2 N–H and O–H groups in total. The average molecular weight is 332 g/mol. The van der Waals surface area contributed by atoms with Crippen LogP contribution in [-0.2, 0) is 0 Å². The fourth-order valence-electron chi connectivity index (χ4n) is 0.975. The molecule has 0 aromatic heterocycles. The number of aliphatic imine (C=N–C) groups is 1. The first kappa shape index (κ1) is 14.1. The fraction of sp³-hybridized carbons (Fsp3) is 0.222. The van der Waals surface area contributed by atoms with Crippen molar-refractivity contribution in [3.05, 3.63) is 22.4 Å². The van der Waals surface area contributed by atoms with E-state index < -0.39 is 12.4 Å². The van der Waals surface area contributed by atoms with Crippen LogP contribution in [0.15, 0.2) is 21.6 Å². The van der Waals surface area contributed by atoms with E-state index in [1.807, 2.05) is 0 Å². The van der Waals surface area contributed by atoms with Gasteiger partial charge in [0.2, 0.25) is 0 Å².